The van der Waals surface area contributed by atoms with Crippen LogP contribution in [0.25, 0.3) is 5.69 Å². The van der Waals surface area contributed by atoms with Crippen molar-refractivity contribution in [2.45, 2.75) is 32.4 Å². The van der Waals surface area contributed by atoms with Gasteiger partial charge in [-0.15, -0.1) is 0 Å². The fourth-order valence-electron chi connectivity index (χ4n) is 3.39. The van der Waals surface area contributed by atoms with Crippen LogP contribution in [0.1, 0.15) is 25.6 Å². The van der Waals surface area contributed by atoms with Crippen LogP contribution in [0.15, 0.2) is 49.1 Å². The summed E-state index contributed by atoms with van der Waals surface area (Å²) in [5.41, 5.74) is 1.64. The summed E-state index contributed by atoms with van der Waals surface area (Å²) in [5, 5.41) is 3.78. The summed E-state index contributed by atoms with van der Waals surface area (Å²) in [5.74, 6) is -0.635. The largest absolute Gasteiger partial charge is 0.447 e. The molecule has 3 heterocycles. The van der Waals surface area contributed by atoms with Gasteiger partial charge in [0, 0.05) is 29.0 Å². The molecule has 3 atom stereocenters. The lowest BCUT2D eigenvalue weighted by atomic mass is 10.0. The fourth-order valence-corrected chi connectivity index (χ4v) is 3.52. The van der Waals surface area contributed by atoms with E-state index in [-0.39, 0.29) is 24.4 Å². The first kappa shape index (κ1) is 21.9. The Labute approximate surface area is 188 Å². The topological polar surface area (TPSA) is 85.2 Å². The van der Waals surface area contributed by atoms with E-state index in [0.717, 1.165) is 16.3 Å². The normalized spacial score (nSPS) is 18.0. The van der Waals surface area contributed by atoms with Gasteiger partial charge in [-0.3, -0.25) is 4.90 Å². The Kier molecular flexibility index (Phi) is 6.22. The minimum Gasteiger partial charge on any atom is -0.447 e. The highest BCUT2D eigenvalue weighted by atomic mass is 35.5. The zero-order valence-electron chi connectivity index (χ0n) is 17.3. The standard InChI is InChI=1S/C21H21ClF2N6O2/c1-12(19(23)24)17-10-32-21(31)30(17)18-7-8-25-20(28-18)27-13(2)16-9-29(11-26-16)15-5-3-14(22)4-6-15/h3-9,11-13,17,19H,10H2,1-2H3,(H,25,27,28)/t12?,13-,17?/m0/s1. The predicted molar refractivity (Wildman–Crippen MR) is 115 cm³/mol. The average Bonchev–Trinajstić information content (AvgIpc) is 3.41. The first-order valence-corrected chi connectivity index (χ1v) is 10.3. The Bertz CT molecular complexity index is 1090. The van der Waals surface area contributed by atoms with Crippen molar-refractivity contribution < 1.29 is 18.3 Å². The van der Waals surface area contributed by atoms with E-state index in [1.807, 2.05) is 29.8 Å². The van der Waals surface area contributed by atoms with Gasteiger partial charge in [0.25, 0.3) is 0 Å². The molecule has 4 rings (SSSR count). The van der Waals surface area contributed by atoms with E-state index in [2.05, 4.69) is 20.3 Å². The second-order valence-corrected chi connectivity index (χ2v) is 7.93. The third-order valence-electron chi connectivity index (χ3n) is 5.31. The van der Waals surface area contributed by atoms with Crippen molar-refractivity contribution in [2.75, 3.05) is 16.8 Å². The number of benzene rings is 1. The van der Waals surface area contributed by atoms with Gasteiger partial charge in [0.1, 0.15) is 12.4 Å². The molecule has 1 saturated heterocycles. The van der Waals surface area contributed by atoms with Crippen molar-refractivity contribution in [1.82, 2.24) is 19.5 Å². The van der Waals surface area contributed by atoms with Crippen LogP contribution in [0.3, 0.4) is 0 Å². The van der Waals surface area contributed by atoms with E-state index >= 15 is 0 Å². The molecule has 2 unspecified atom stereocenters. The molecule has 11 heteroatoms. The van der Waals surface area contributed by atoms with Gasteiger partial charge in [-0.25, -0.2) is 23.5 Å². The minimum atomic E-state index is -2.59. The molecule has 32 heavy (non-hydrogen) atoms. The molecule has 3 aromatic rings. The number of rotatable bonds is 7. The Morgan fingerprint density at radius 2 is 1.94 bits per heavy atom. The third kappa shape index (κ3) is 4.50. The number of amides is 1. The lowest BCUT2D eigenvalue weighted by Crippen LogP contribution is -2.41. The zero-order valence-corrected chi connectivity index (χ0v) is 18.1. The quantitative estimate of drug-likeness (QED) is 0.547. The number of carbonyl (C=O) groups excluding carboxylic acids is 1. The first-order valence-electron chi connectivity index (χ1n) is 9.97. The highest BCUT2D eigenvalue weighted by molar-refractivity contribution is 6.30. The van der Waals surface area contributed by atoms with Gasteiger partial charge in [-0.2, -0.15) is 4.98 Å². The number of alkyl halides is 2. The molecule has 1 fully saturated rings. The number of hydrogen-bond acceptors (Lipinski definition) is 6. The molecule has 1 aliphatic rings. The number of ether oxygens (including phenoxy) is 1. The number of aromatic nitrogens is 4. The van der Waals surface area contributed by atoms with Gasteiger partial charge in [-0.05, 0) is 37.3 Å². The number of carbonyl (C=O) groups is 1. The van der Waals surface area contributed by atoms with Crippen molar-refractivity contribution >= 4 is 29.5 Å². The summed E-state index contributed by atoms with van der Waals surface area (Å²) >= 11 is 5.94. The van der Waals surface area contributed by atoms with Gasteiger partial charge in [0.2, 0.25) is 12.4 Å². The summed E-state index contributed by atoms with van der Waals surface area (Å²) in [4.78, 5) is 26.3. The summed E-state index contributed by atoms with van der Waals surface area (Å²) in [6, 6.07) is 7.77. The maximum Gasteiger partial charge on any atom is 0.415 e. The van der Waals surface area contributed by atoms with E-state index in [1.165, 1.54) is 19.2 Å². The smallest absolute Gasteiger partial charge is 0.415 e. The molecule has 1 N–H and O–H groups in total. The van der Waals surface area contributed by atoms with Gasteiger partial charge < -0.3 is 14.6 Å². The zero-order chi connectivity index (χ0) is 22.8. The number of nitrogens with zero attached hydrogens (tertiary/aromatic N) is 5. The number of cyclic esters (lactones) is 1. The fraction of sp³-hybridized carbons (Fsp3) is 0.333. The molecule has 2 aromatic heterocycles. The van der Waals surface area contributed by atoms with E-state index in [9.17, 15) is 13.6 Å². The number of anilines is 2. The van der Waals surface area contributed by atoms with Crippen LogP contribution in [-0.2, 0) is 4.74 Å². The van der Waals surface area contributed by atoms with Crippen LogP contribution < -0.4 is 10.2 Å². The Morgan fingerprint density at radius 1 is 1.19 bits per heavy atom. The molecular formula is C21H21ClF2N6O2. The predicted octanol–water partition coefficient (Wildman–Crippen LogP) is 4.72. The van der Waals surface area contributed by atoms with Gasteiger partial charge in [0.05, 0.1) is 24.1 Å². The van der Waals surface area contributed by atoms with Crippen molar-refractivity contribution in [3.05, 3.63) is 59.8 Å². The van der Waals surface area contributed by atoms with Gasteiger partial charge in [-0.1, -0.05) is 18.5 Å². The average molecular weight is 463 g/mol. The highest BCUT2D eigenvalue weighted by Crippen LogP contribution is 2.29. The van der Waals surface area contributed by atoms with E-state index in [1.54, 1.807) is 18.5 Å². The molecule has 1 amide bonds. The van der Waals surface area contributed by atoms with Crippen LogP contribution >= 0.6 is 11.6 Å². The molecule has 168 valence electrons. The monoisotopic (exact) mass is 462 g/mol. The molecule has 1 aliphatic heterocycles. The maximum atomic E-state index is 13.2. The van der Waals surface area contributed by atoms with Gasteiger partial charge >= 0.3 is 6.09 Å². The molecule has 0 bridgehead atoms. The Balaban J connectivity index is 1.50. The Morgan fingerprint density at radius 3 is 2.66 bits per heavy atom. The lowest BCUT2D eigenvalue weighted by molar-refractivity contribution is 0.0685. The second-order valence-electron chi connectivity index (χ2n) is 7.49. The van der Waals surface area contributed by atoms with E-state index in [4.69, 9.17) is 16.3 Å². The number of halogens is 3. The molecule has 0 aliphatic carbocycles. The van der Waals surface area contributed by atoms with Crippen LogP contribution in [0.4, 0.5) is 25.3 Å². The molecule has 0 saturated carbocycles. The van der Waals surface area contributed by atoms with Crippen molar-refractivity contribution in [2.24, 2.45) is 5.92 Å². The van der Waals surface area contributed by atoms with E-state index < -0.39 is 24.5 Å². The minimum absolute atomic E-state index is 0.115. The van der Waals surface area contributed by atoms with Crippen LogP contribution in [0.5, 0.6) is 0 Å². The molecule has 1 aromatic carbocycles. The molecule has 8 nitrogen and oxygen atoms in total. The maximum absolute atomic E-state index is 13.2. The van der Waals surface area contributed by atoms with Crippen LogP contribution in [0, 0.1) is 5.92 Å². The Hall–Kier alpha value is -3.27. The van der Waals surface area contributed by atoms with E-state index in [0.29, 0.717) is 5.02 Å². The summed E-state index contributed by atoms with van der Waals surface area (Å²) in [7, 11) is 0. The number of imidazole rings is 1. The van der Waals surface area contributed by atoms with Crippen molar-refractivity contribution in [3.8, 4) is 5.69 Å². The number of nitrogens with one attached hydrogen (secondary N) is 1. The summed E-state index contributed by atoms with van der Waals surface area (Å²) in [6.07, 6.45) is 1.71. The van der Waals surface area contributed by atoms with Crippen molar-refractivity contribution in [3.63, 3.8) is 0 Å². The number of hydrogen-bond donors (Lipinski definition) is 1. The SMILES string of the molecule is CC(C(F)F)C1COC(=O)N1c1ccnc(N[C@@H](C)c2cn(-c3ccc(Cl)cc3)cn2)n1. The van der Waals surface area contributed by atoms with Crippen LogP contribution in [-0.4, -0.2) is 44.7 Å². The molecule has 0 radical (unpaired) electrons. The molecule has 0 spiro atoms. The lowest BCUT2D eigenvalue weighted by Gasteiger charge is -2.25. The van der Waals surface area contributed by atoms with Crippen molar-refractivity contribution in [1.29, 1.82) is 0 Å². The summed E-state index contributed by atoms with van der Waals surface area (Å²) in [6.45, 7) is 3.15. The molecular weight excluding hydrogens is 442 g/mol. The van der Waals surface area contributed by atoms with Gasteiger partial charge in [0.15, 0.2) is 0 Å². The second kappa shape index (κ2) is 9.07. The summed E-state index contributed by atoms with van der Waals surface area (Å²) < 4.78 is 33.3. The van der Waals surface area contributed by atoms with Crippen LogP contribution in [0.2, 0.25) is 5.02 Å². The highest BCUT2D eigenvalue weighted by Gasteiger charge is 2.41. The first-order chi connectivity index (χ1) is 15.3. The third-order valence-corrected chi connectivity index (χ3v) is 5.57.